The summed E-state index contributed by atoms with van der Waals surface area (Å²) in [7, 11) is 0. The van der Waals surface area contributed by atoms with Crippen molar-refractivity contribution in [1.82, 2.24) is 4.90 Å². The van der Waals surface area contributed by atoms with Crippen molar-refractivity contribution in [2.45, 2.75) is 13.3 Å². The van der Waals surface area contributed by atoms with Gasteiger partial charge in [-0.1, -0.05) is 30.9 Å². The number of esters is 1. The average molecular weight is 366 g/mol. The molecular formula is C15H14N2O5S2. The number of thioether (sulfide) groups is 1. The number of carbonyl (C=O) groups is 2. The van der Waals surface area contributed by atoms with Gasteiger partial charge >= 0.3 is 5.97 Å². The lowest BCUT2D eigenvalue weighted by atomic mass is 10.2. The largest absolute Gasteiger partial charge is 0.464 e. The number of amides is 1. The van der Waals surface area contributed by atoms with E-state index in [0.29, 0.717) is 23.5 Å². The molecule has 1 amide bonds. The van der Waals surface area contributed by atoms with Gasteiger partial charge in [0.15, 0.2) is 0 Å². The maximum absolute atomic E-state index is 12.3. The smallest absolute Gasteiger partial charge is 0.326 e. The van der Waals surface area contributed by atoms with Crippen LogP contribution in [0.3, 0.4) is 0 Å². The Morgan fingerprint density at radius 2 is 2.08 bits per heavy atom. The third-order valence-electron chi connectivity index (χ3n) is 3.03. The highest BCUT2D eigenvalue weighted by atomic mass is 32.2. The Morgan fingerprint density at radius 3 is 2.67 bits per heavy atom. The molecule has 1 fully saturated rings. The lowest BCUT2D eigenvalue weighted by Crippen LogP contribution is -2.34. The fourth-order valence-corrected chi connectivity index (χ4v) is 3.13. The Balaban J connectivity index is 2.09. The van der Waals surface area contributed by atoms with Gasteiger partial charge < -0.3 is 4.74 Å². The molecule has 2 rings (SSSR count). The van der Waals surface area contributed by atoms with Crippen molar-refractivity contribution in [1.29, 1.82) is 0 Å². The monoisotopic (exact) mass is 366 g/mol. The molecule has 0 saturated carbocycles. The van der Waals surface area contributed by atoms with E-state index in [1.807, 2.05) is 6.92 Å². The number of benzene rings is 1. The van der Waals surface area contributed by atoms with Gasteiger partial charge in [-0.25, -0.2) is 0 Å². The molecular weight excluding hydrogens is 352 g/mol. The number of ether oxygens (including phenoxy) is 1. The van der Waals surface area contributed by atoms with Crippen molar-refractivity contribution in [2.24, 2.45) is 0 Å². The van der Waals surface area contributed by atoms with Crippen LogP contribution in [0.25, 0.3) is 6.08 Å². The van der Waals surface area contributed by atoms with Crippen molar-refractivity contribution < 1.29 is 19.2 Å². The predicted molar refractivity (Wildman–Crippen MR) is 94.2 cm³/mol. The van der Waals surface area contributed by atoms with Crippen LogP contribution in [0.5, 0.6) is 0 Å². The summed E-state index contributed by atoms with van der Waals surface area (Å²) in [6.07, 6.45) is 2.28. The highest BCUT2D eigenvalue weighted by Gasteiger charge is 2.33. The van der Waals surface area contributed by atoms with Crippen LogP contribution >= 0.6 is 24.0 Å². The summed E-state index contributed by atoms with van der Waals surface area (Å²) in [5.41, 5.74) is 0.605. The quantitative estimate of drug-likeness (QED) is 0.251. The molecule has 0 spiro atoms. The summed E-state index contributed by atoms with van der Waals surface area (Å²) in [6, 6.07) is 5.80. The Bertz CT molecular complexity index is 715. The van der Waals surface area contributed by atoms with Gasteiger partial charge in [0, 0.05) is 12.1 Å². The first-order chi connectivity index (χ1) is 11.4. The second-order valence-corrected chi connectivity index (χ2v) is 6.51. The van der Waals surface area contributed by atoms with E-state index in [0.717, 1.165) is 11.8 Å². The number of carbonyl (C=O) groups excluding carboxylic acids is 2. The molecule has 0 aromatic heterocycles. The van der Waals surface area contributed by atoms with Crippen LogP contribution < -0.4 is 0 Å². The standard InChI is InChI=1S/C15H14N2O5S2/c1-2-7-22-13(18)9-16-14(19)12(24-15(16)23)8-10-3-5-11(6-4-10)17(20)21/h3-6,8H,2,7,9H2,1H3. The molecule has 0 N–H and O–H groups in total. The average Bonchev–Trinajstić information content (AvgIpc) is 2.81. The SMILES string of the molecule is CCCOC(=O)CN1C(=O)C(=Cc2ccc([N+](=O)[O-])cc2)SC1=S. The zero-order chi connectivity index (χ0) is 17.7. The molecule has 1 heterocycles. The first-order valence-corrected chi connectivity index (χ1v) is 8.30. The molecule has 1 aliphatic rings. The third-order valence-corrected chi connectivity index (χ3v) is 4.41. The Morgan fingerprint density at radius 1 is 1.42 bits per heavy atom. The topological polar surface area (TPSA) is 89.8 Å². The zero-order valence-electron chi connectivity index (χ0n) is 12.8. The van der Waals surface area contributed by atoms with Gasteiger partial charge in [-0.15, -0.1) is 0 Å². The van der Waals surface area contributed by atoms with Gasteiger partial charge in [0.05, 0.1) is 16.4 Å². The zero-order valence-corrected chi connectivity index (χ0v) is 14.4. The van der Waals surface area contributed by atoms with Crippen LogP contribution in [-0.2, 0) is 14.3 Å². The fraction of sp³-hybridized carbons (Fsp3) is 0.267. The molecule has 1 aliphatic heterocycles. The minimum Gasteiger partial charge on any atom is -0.464 e. The van der Waals surface area contributed by atoms with Crippen molar-refractivity contribution in [3.63, 3.8) is 0 Å². The van der Waals surface area contributed by atoms with E-state index in [2.05, 4.69) is 0 Å². The van der Waals surface area contributed by atoms with E-state index in [1.165, 1.54) is 17.0 Å². The summed E-state index contributed by atoms with van der Waals surface area (Å²) < 4.78 is 5.23. The van der Waals surface area contributed by atoms with E-state index >= 15 is 0 Å². The van der Waals surface area contributed by atoms with E-state index < -0.39 is 10.9 Å². The Hall–Kier alpha value is -2.26. The number of nitro benzene ring substituents is 1. The maximum atomic E-state index is 12.3. The molecule has 1 aromatic carbocycles. The molecule has 7 nitrogen and oxygen atoms in total. The van der Waals surface area contributed by atoms with Crippen LogP contribution in [0.1, 0.15) is 18.9 Å². The molecule has 0 atom stereocenters. The number of nitrogens with zero attached hydrogens (tertiary/aromatic N) is 2. The van der Waals surface area contributed by atoms with Gasteiger partial charge in [-0.05, 0) is 30.2 Å². The second-order valence-electron chi connectivity index (χ2n) is 4.84. The lowest BCUT2D eigenvalue weighted by molar-refractivity contribution is -0.384. The molecule has 0 radical (unpaired) electrons. The molecule has 9 heteroatoms. The molecule has 24 heavy (non-hydrogen) atoms. The highest BCUT2D eigenvalue weighted by Crippen LogP contribution is 2.32. The fourth-order valence-electron chi connectivity index (χ4n) is 1.87. The highest BCUT2D eigenvalue weighted by molar-refractivity contribution is 8.26. The lowest BCUT2D eigenvalue weighted by Gasteiger charge is -2.13. The number of rotatable bonds is 6. The number of nitro groups is 1. The van der Waals surface area contributed by atoms with Crippen LogP contribution in [-0.4, -0.2) is 39.2 Å². The Kier molecular flexibility index (Phi) is 6.04. The summed E-state index contributed by atoms with van der Waals surface area (Å²) in [4.78, 5) is 35.7. The van der Waals surface area contributed by atoms with Crippen LogP contribution in [0.15, 0.2) is 29.2 Å². The Labute approximate surface area is 147 Å². The molecule has 1 saturated heterocycles. The predicted octanol–water partition coefficient (Wildman–Crippen LogP) is 2.75. The van der Waals surface area contributed by atoms with Crippen molar-refractivity contribution in [3.8, 4) is 0 Å². The van der Waals surface area contributed by atoms with Crippen LogP contribution in [0.2, 0.25) is 0 Å². The van der Waals surface area contributed by atoms with E-state index in [9.17, 15) is 19.7 Å². The van der Waals surface area contributed by atoms with Crippen LogP contribution in [0, 0.1) is 10.1 Å². The van der Waals surface area contributed by atoms with Gasteiger partial charge in [0.25, 0.3) is 11.6 Å². The first kappa shape index (κ1) is 18.1. The van der Waals surface area contributed by atoms with Gasteiger partial charge in [-0.3, -0.25) is 24.6 Å². The summed E-state index contributed by atoms with van der Waals surface area (Å²) in [5, 5.41) is 10.6. The van der Waals surface area contributed by atoms with Crippen molar-refractivity contribution in [2.75, 3.05) is 13.2 Å². The maximum Gasteiger partial charge on any atom is 0.326 e. The minimum atomic E-state index is -0.510. The van der Waals surface area contributed by atoms with Crippen LogP contribution in [0.4, 0.5) is 5.69 Å². The van der Waals surface area contributed by atoms with E-state index in [4.69, 9.17) is 17.0 Å². The van der Waals surface area contributed by atoms with Crippen molar-refractivity contribution >= 4 is 51.9 Å². The third kappa shape index (κ3) is 4.39. The summed E-state index contributed by atoms with van der Waals surface area (Å²) >= 11 is 6.21. The number of hydrogen-bond acceptors (Lipinski definition) is 7. The normalized spacial score (nSPS) is 15.9. The second kappa shape index (κ2) is 8.02. The van der Waals surface area contributed by atoms with E-state index in [-0.39, 0.29) is 22.5 Å². The summed E-state index contributed by atoms with van der Waals surface area (Å²) in [6.45, 7) is 1.95. The van der Waals surface area contributed by atoms with Crippen molar-refractivity contribution in [3.05, 3.63) is 44.8 Å². The van der Waals surface area contributed by atoms with Gasteiger partial charge in [0.2, 0.25) is 0 Å². The summed E-state index contributed by atoms with van der Waals surface area (Å²) in [5.74, 6) is -0.887. The molecule has 1 aromatic rings. The number of non-ortho nitro benzene ring substituents is 1. The minimum absolute atomic E-state index is 0.0293. The van der Waals surface area contributed by atoms with Gasteiger partial charge in [-0.2, -0.15) is 0 Å². The molecule has 126 valence electrons. The van der Waals surface area contributed by atoms with Gasteiger partial charge in [0.1, 0.15) is 10.9 Å². The molecule has 0 aliphatic carbocycles. The number of hydrogen-bond donors (Lipinski definition) is 0. The first-order valence-electron chi connectivity index (χ1n) is 7.07. The number of thiocarbonyl (C=S) groups is 1. The molecule has 0 unspecified atom stereocenters. The molecule has 0 bridgehead atoms. The van der Waals surface area contributed by atoms with E-state index in [1.54, 1.807) is 18.2 Å².